The van der Waals surface area contributed by atoms with Crippen LogP contribution in [0.15, 0.2) is 24.3 Å². The molecule has 1 atom stereocenters. The number of thiazole rings is 1. The molecule has 2 aromatic rings. The van der Waals surface area contributed by atoms with E-state index in [1.165, 1.54) is 9.71 Å². The summed E-state index contributed by atoms with van der Waals surface area (Å²) in [5, 5.41) is 4.86. The van der Waals surface area contributed by atoms with Crippen molar-refractivity contribution >= 4 is 21.6 Å². The lowest BCUT2D eigenvalue weighted by atomic mass is 9.84. The van der Waals surface area contributed by atoms with E-state index in [1.54, 1.807) is 0 Å². The first-order valence-corrected chi connectivity index (χ1v) is 8.61. The summed E-state index contributed by atoms with van der Waals surface area (Å²) >= 11 is 1.83. The van der Waals surface area contributed by atoms with Crippen LogP contribution < -0.4 is 5.32 Å². The lowest BCUT2D eigenvalue weighted by Gasteiger charge is -2.27. The number of aromatic nitrogens is 1. The molecule has 114 valence electrons. The highest BCUT2D eigenvalue weighted by atomic mass is 32.1. The quantitative estimate of drug-likeness (QED) is 0.887. The minimum absolute atomic E-state index is 0.225. The molecular weight excluding hydrogens is 280 g/mol. The molecule has 1 unspecified atom stereocenters. The number of nitrogens with one attached hydrogen (secondary N) is 1. The number of hydrogen-bond acceptors (Lipinski definition) is 4. The molecule has 1 aliphatic heterocycles. The number of rotatable bonds is 6. The van der Waals surface area contributed by atoms with Crippen LogP contribution in [-0.4, -0.2) is 31.3 Å². The number of nitrogens with zero attached hydrogens (tertiary/aromatic N) is 1. The van der Waals surface area contributed by atoms with E-state index in [2.05, 4.69) is 43.4 Å². The Labute approximate surface area is 130 Å². The highest BCUT2D eigenvalue weighted by Crippen LogP contribution is 2.34. The SMILES string of the molecule is CC(C)CNCC1(Cc2nc3ccccc3s2)CCOC1. The second kappa shape index (κ2) is 6.42. The van der Waals surface area contributed by atoms with Crippen LogP contribution in [-0.2, 0) is 11.2 Å². The van der Waals surface area contributed by atoms with Gasteiger partial charge in [-0.05, 0) is 31.0 Å². The van der Waals surface area contributed by atoms with Crippen molar-refractivity contribution in [3.63, 3.8) is 0 Å². The van der Waals surface area contributed by atoms with Gasteiger partial charge in [-0.25, -0.2) is 4.98 Å². The second-order valence-electron chi connectivity index (χ2n) is 6.58. The van der Waals surface area contributed by atoms with Gasteiger partial charge in [-0.2, -0.15) is 0 Å². The van der Waals surface area contributed by atoms with Crippen molar-refractivity contribution in [3.8, 4) is 0 Å². The molecule has 0 amide bonds. The van der Waals surface area contributed by atoms with Gasteiger partial charge in [-0.3, -0.25) is 0 Å². The Kier molecular flexibility index (Phi) is 4.57. The first kappa shape index (κ1) is 14.9. The first-order valence-electron chi connectivity index (χ1n) is 7.80. The summed E-state index contributed by atoms with van der Waals surface area (Å²) in [5.41, 5.74) is 1.35. The maximum atomic E-state index is 5.70. The summed E-state index contributed by atoms with van der Waals surface area (Å²) in [7, 11) is 0. The fourth-order valence-electron chi connectivity index (χ4n) is 2.93. The van der Waals surface area contributed by atoms with Crippen LogP contribution in [0, 0.1) is 11.3 Å². The standard InChI is InChI=1S/C17H24N2OS/c1-13(2)10-18-11-17(7-8-20-12-17)9-16-19-14-5-3-4-6-15(14)21-16/h3-6,13,18H,7-12H2,1-2H3. The largest absolute Gasteiger partial charge is 0.381 e. The summed E-state index contributed by atoms with van der Waals surface area (Å²) in [5.74, 6) is 0.687. The van der Waals surface area contributed by atoms with E-state index in [-0.39, 0.29) is 5.41 Å². The molecule has 21 heavy (non-hydrogen) atoms. The molecule has 1 aliphatic rings. The Bertz CT molecular complexity index is 554. The molecule has 0 radical (unpaired) electrons. The summed E-state index contributed by atoms with van der Waals surface area (Å²) in [6, 6.07) is 8.41. The van der Waals surface area contributed by atoms with Crippen molar-refractivity contribution in [1.29, 1.82) is 0 Å². The van der Waals surface area contributed by atoms with Crippen molar-refractivity contribution in [2.75, 3.05) is 26.3 Å². The van der Waals surface area contributed by atoms with Crippen molar-refractivity contribution in [3.05, 3.63) is 29.3 Å². The Morgan fingerprint density at radius 2 is 2.24 bits per heavy atom. The summed E-state index contributed by atoms with van der Waals surface area (Å²) in [6.07, 6.45) is 2.16. The third kappa shape index (κ3) is 3.62. The van der Waals surface area contributed by atoms with E-state index in [1.807, 2.05) is 11.3 Å². The van der Waals surface area contributed by atoms with E-state index in [4.69, 9.17) is 9.72 Å². The van der Waals surface area contributed by atoms with Gasteiger partial charge in [0.05, 0.1) is 21.8 Å². The smallest absolute Gasteiger partial charge is 0.0945 e. The average Bonchev–Trinajstić information content (AvgIpc) is 3.05. The van der Waals surface area contributed by atoms with Crippen LogP contribution in [0.2, 0.25) is 0 Å². The average molecular weight is 304 g/mol. The fourth-order valence-corrected chi connectivity index (χ4v) is 4.07. The van der Waals surface area contributed by atoms with E-state index < -0.39 is 0 Å². The van der Waals surface area contributed by atoms with Crippen LogP contribution in [0.5, 0.6) is 0 Å². The fraction of sp³-hybridized carbons (Fsp3) is 0.588. The zero-order valence-corrected chi connectivity index (χ0v) is 13.7. The predicted octanol–water partition coefficient (Wildman–Crippen LogP) is 3.49. The van der Waals surface area contributed by atoms with Gasteiger partial charge in [-0.1, -0.05) is 26.0 Å². The highest BCUT2D eigenvalue weighted by Gasteiger charge is 2.35. The molecule has 2 heterocycles. The monoisotopic (exact) mass is 304 g/mol. The Balaban J connectivity index is 1.72. The molecule has 3 nitrogen and oxygen atoms in total. The second-order valence-corrected chi connectivity index (χ2v) is 7.69. The third-order valence-electron chi connectivity index (χ3n) is 4.10. The molecule has 3 rings (SSSR count). The number of benzene rings is 1. The van der Waals surface area contributed by atoms with Crippen LogP contribution in [0.1, 0.15) is 25.3 Å². The van der Waals surface area contributed by atoms with E-state index in [9.17, 15) is 0 Å². The molecule has 1 N–H and O–H groups in total. The van der Waals surface area contributed by atoms with Gasteiger partial charge in [0.1, 0.15) is 0 Å². The van der Waals surface area contributed by atoms with Crippen LogP contribution >= 0.6 is 11.3 Å². The Hall–Kier alpha value is -0.970. The molecule has 0 aliphatic carbocycles. The number of ether oxygens (including phenoxy) is 1. The molecule has 1 aromatic carbocycles. The summed E-state index contributed by atoms with van der Waals surface area (Å²) < 4.78 is 6.99. The topological polar surface area (TPSA) is 34.2 Å². The third-order valence-corrected chi connectivity index (χ3v) is 5.14. The van der Waals surface area contributed by atoms with Gasteiger partial charge in [0.15, 0.2) is 0 Å². The van der Waals surface area contributed by atoms with Crippen LogP contribution in [0.3, 0.4) is 0 Å². The molecule has 0 bridgehead atoms. The van der Waals surface area contributed by atoms with E-state index >= 15 is 0 Å². The molecule has 0 saturated carbocycles. The maximum absolute atomic E-state index is 5.70. The van der Waals surface area contributed by atoms with Gasteiger partial charge >= 0.3 is 0 Å². The van der Waals surface area contributed by atoms with Crippen LogP contribution in [0.25, 0.3) is 10.2 Å². The van der Waals surface area contributed by atoms with E-state index in [0.717, 1.165) is 44.7 Å². The lowest BCUT2D eigenvalue weighted by molar-refractivity contribution is 0.148. The molecule has 0 spiro atoms. The van der Waals surface area contributed by atoms with Crippen LogP contribution in [0.4, 0.5) is 0 Å². The zero-order valence-electron chi connectivity index (χ0n) is 12.9. The number of fused-ring (bicyclic) bond motifs is 1. The minimum atomic E-state index is 0.225. The molecule has 4 heteroatoms. The molecular formula is C17H24N2OS. The van der Waals surface area contributed by atoms with Crippen molar-refractivity contribution in [1.82, 2.24) is 10.3 Å². The maximum Gasteiger partial charge on any atom is 0.0945 e. The van der Waals surface area contributed by atoms with Gasteiger partial charge in [0, 0.05) is 25.0 Å². The zero-order chi connectivity index (χ0) is 14.7. The molecule has 1 fully saturated rings. The van der Waals surface area contributed by atoms with Gasteiger partial charge in [0.25, 0.3) is 0 Å². The molecule has 1 saturated heterocycles. The van der Waals surface area contributed by atoms with Gasteiger partial charge in [0.2, 0.25) is 0 Å². The van der Waals surface area contributed by atoms with Crippen molar-refractivity contribution in [2.24, 2.45) is 11.3 Å². The highest BCUT2D eigenvalue weighted by molar-refractivity contribution is 7.18. The number of para-hydroxylation sites is 1. The summed E-state index contributed by atoms with van der Waals surface area (Å²) in [4.78, 5) is 4.80. The predicted molar refractivity (Wildman–Crippen MR) is 88.9 cm³/mol. The Morgan fingerprint density at radius 1 is 1.38 bits per heavy atom. The molecule has 1 aromatic heterocycles. The van der Waals surface area contributed by atoms with Crippen molar-refractivity contribution in [2.45, 2.75) is 26.7 Å². The normalized spacial score (nSPS) is 22.4. The Morgan fingerprint density at radius 3 is 2.95 bits per heavy atom. The number of hydrogen-bond donors (Lipinski definition) is 1. The lowest BCUT2D eigenvalue weighted by Crippen LogP contribution is -2.38. The minimum Gasteiger partial charge on any atom is -0.381 e. The summed E-state index contributed by atoms with van der Waals surface area (Å²) in [6.45, 7) is 8.34. The van der Waals surface area contributed by atoms with Crippen molar-refractivity contribution < 1.29 is 4.74 Å². The van der Waals surface area contributed by atoms with Gasteiger partial charge in [-0.15, -0.1) is 11.3 Å². The van der Waals surface area contributed by atoms with E-state index in [0.29, 0.717) is 5.92 Å². The first-order chi connectivity index (χ1) is 10.2. The van der Waals surface area contributed by atoms with Gasteiger partial charge < -0.3 is 10.1 Å².